The second-order valence-electron chi connectivity index (χ2n) is 5.56. The Hall–Kier alpha value is -2.44. The SMILES string of the molecule is CCCNC(=O)C(C)NC(=O)C1CC(=O)Nc2cc(F)ccc21. The standard InChI is InChI=1S/C16H20FN3O3/c1-3-6-18-15(22)9(2)19-16(23)12-8-14(21)20-13-7-10(17)4-5-11(12)13/h4-5,7,9,12H,3,6,8H2,1-2H3,(H,18,22)(H,19,23)(H,20,21). The van der Waals surface area contributed by atoms with Crippen LogP contribution in [0.2, 0.25) is 0 Å². The summed E-state index contributed by atoms with van der Waals surface area (Å²) in [7, 11) is 0. The minimum atomic E-state index is -0.735. The molecule has 124 valence electrons. The van der Waals surface area contributed by atoms with Gasteiger partial charge in [-0.25, -0.2) is 4.39 Å². The van der Waals surface area contributed by atoms with Crippen LogP contribution in [0.3, 0.4) is 0 Å². The van der Waals surface area contributed by atoms with E-state index in [0.29, 0.717) is 17.8 Å². The van der Waals surface area contributed by atoms with Crippen LogP contribution in [0.15, 0.2) is 18.2 Å². The lowest BCUT2D eigenvalue weighted by molar-refractivity contribution is -0.130. The monoisotopic (exact) mass is 321 g/mol. The number of carbonyl (C=O) groups is 3. The number of rotatable bonds is 5. The summed E-state index contributed by atoms with van der Waals surface area (Å²) < 4.78 is 13.3. The van der Waals surface area contributed by atoms with Crippen LogP contribution >= 0.6 is 0 Å². The molecule has 1 aromatic rings. The number of hydrogen-bond acceptors (Lipinski definition) is 3. The van der Waals surface area contributed by atoms with Gasteiger partial charge in [-0.15, -0.1) is 0 Å². The molecule has 0 fully saturated rings. The van der Waals surface area contributed by atoms with Crippen LogP contribution in [0.5, 0.6) is 0 Å². The molecule has 3 N–H and O–H groups in total. The molecular weight excluding hydrogens is 301 g/mol. The average molecular weight is 321 g/mol. The Balaban J connectivity index is 2.11. The van der Waals surface area contributed by atoms with Crippen molar-refractivity contribution in [3.63, 3.8) is 0 Å². The van der Waals surface area contributed by atoms with Crippen molar-refractivity contribution in [1.29, 1.82) is 0 Å². The summed E-state index contributed by atoms with van der Waals surface area (Å²) in [5.74, 6) is -2.28. The molecule has 6 nitrogen and oxygen atoms in total. The van der Waals surface area contributed by atoms with Gasteiger partial charge in [-0.2, -0.15) is 0 Å². The van der Waals surface area contributed by atoms with Crippen molar-refractivity contribution in [3.8, 4) is 0 Å². The van der Waals surface area contributed by atoms with E-state index in [4.69, 9.17) is 0 Å². The summed E-state index contributed by atoms with van der Waals surface area (Å²) in [5, 5.41) is 7.85. The molecule has 0 spiro atoms. The Kier molecular flexibility index (Phi) is 5.31. The van der Waals surface area contributed by atoms with Crippen LogP contribution < -0.4 is 16.0 Å². The van der Waals surface area contributed by atoms with Gasteiger partial charge in [0.15, 0.2) is 0 Å². The highest BCUT2D eigenvalue weighted by Gasteiger charge is 2.32. The first-order valence-electron chi connectivity index (χ1n) is 7.59. The third-order valence-corrected chi connectivity index (χ3v) is 3.67. The van der Waals surface area contributed by atoms with Gasteiger partial charge in [0.2, 0.25) is 17.7 Å². The molecule has 3 amide bonds. The number of anilines is 1. The van der Waals surface area contributed by atoms with Crippen molar-refractivity contribution < 1.29 is 18.8 Å². The van der Waals surface area contributed by atoms with Crippen LogP contribution in [-0.2, 0) is 14.4 Å². The first kappa shape index (κ1) is 16.9. The molecule has 1 aliphatic heterocycles. The average Bonchev–Trinajstić information content (AvgIpc) is 2.50. The minimum absolute atomic E-state index is 0.0340. The summed E-state index contributed by atoms with van der Waals surface area (Å²) in [6.07, 6.45) is 0.766. The van der Waals surface area contributed by atoms with E-state index >= 15 is 0 Å². The number of benzene rings is 1. The van der Waals surface area contributed by atoms with Gasteiger partial charge in [0.25, 0.3) is 0 Å². The van der Waals surface area contributed by atoms with Gasteiger partial charge < -0.3 is 16.0 Å². The fourth-order valence-electron chi connectivity index (χ4n) is 2.45. The number of halogens is 1. The molecule has 2 atom stereocenters. The molecule has 0 saturated heterocycles. The zero-order valence-corrected chi connectivity index (χ0v) is 13.1. The predicted octanol–water partition coefficient (Wildman–Crippen LogP) is 1.28. The molecule has 0 bridgehead atoms. The largest absolute Gasteiger partial charge is 0.354 e. The van der Waals surface area contributed by atoms with Crippen LogP contribution in [0.4, 0.5) is 10.1 Å². The smallest absolute Gasteiger partial charge is 0.242 e. The van der Waals surface area contributed by atoms with Gasteiger partial charge in [-0.1, -0.05) is 13.0 Å². The number of fused-ring (bicyclic) bond motifs is 1. The maximum atomic E-state index is 13.3. The second-order valence-corrected chi connectivity index (χ2v) is 5.56. The van der Waals surface area contributed by atoms with Gasteiger partial charge in [0.1, 0.15) is 11.9 Å². The van der Waals surface area contributed by atoms with E-state index in [0.717, 1.165) is 6.42 Å². The summed E-state index contributed by atoms with van der Waals surface area (Å²) >= 11 is 0. The van der Waals surface area contributed by atoms with E-state index in [-0.39, 0.29) is 18.2 Å². The topological polar surface area (TPSA) is 87.3 Å². The van der Waals surface area contributed by atoms with Gasteiger partial charge in [0.05, 0.1) is 5.92 Å². The zero-order chi connectivity index (χ0) is 17.0. The highest BCUT2D eigenvalue weighted by molar-refractivity contribution is 6.02. The van der Waals surface area contributed by atoms with Crippen molar-refractivity contribution in [2.75, 3.05) is 11.9 Å². The molecule has 7 heteroatoms. The van der Waals surface area contributed by atoms with Crippen molar-refractivity contribution in [3.05, 3.63) is 29.6 Å². The quantitative estimate of drug-likeness (QED) is 0.763. The Morgan fingerprint density at radius 1 is 1.43 bits per heavy atom. The maximum Gasteiger partial charge on any atom is 0.242 e. The molecule has 2 unspecified atom stereocenters. The maximum absolute atomic E-state index is 13.3. The van der Waals surface area contributed by atoms with Gasteiger partial charge in [0, 0.05) is 18.7 Å². The molecule has 0 saturated carbocycles. The lowest BCUT2D eigenvalue weighted by Gasteiger charge is -2.26. The normalized spacial score (nSPS) is 17.7. The van der Waals surface area contributed by atoms with Crippen LogP contribution in [-0.4, -0.2) is 30.3 Å². The fraction of sp³-hybridized carbons (Fsp3) is 0.438. The summed E-state index contributed by atoms with van der Waals surface area (Å²) in [6.45, 7) is 4.05. The molecule has 1 heterocycles. The van der Waals surface area contributed by atoms with Gasteiger partial charge in [-0.3, -0.25) is 14.4 Å². The highest BCUT2D eigenvalue weighted by atomic mass is 19.1. The summed E-state index contributed by atoms with van der Waals surface area (Å²) in [6, 6.07) is 3.21. The summed E-state index contributed by atoms with van der Waals surface area (Å²) in [5.41, 5.74) is 0.842. The van der Waals surface area contributed by atoms with Crippen LogP contribution in [0.25, 0.3) is 0 Å². The van der Waals surface area contributed by atoms with Gasteiger partial charge >= 0.3 is 0 Å². The first-order chi connectivity index (χ1) is 10.9. The Morgan fingerprint density at radius 2 is 2.17 bits per heavy atom. The van der Waals surface area contributed by atoms with Crippen molar-refractivity contribution in [1.82, 2.24) is 10.6 Å². The molecule has 0 radical (unpaired) electrons. The van der Waals surface area contributed by atoms with Crippen molar-refractivity contribution in [2.45, 2.75) is 38.6 Å². The number of amides is 3. The van der Waals surface area contributed by atoms with Gasteiger partial charge in [-0.05, 0) is 31.0 Å². The van der Waals surface area contributed by atoms with Crippen LogP contribution in [0, 0.1) is 5.82 Å². The molecule has 0 aromatic heterocycles. The summed E-state index contributed by atoms with van der Waals surface area (Å²) in [4.78, 5) is 36.0. The van der Waals surface area contributed by atoms with E-state index in [1.54, 1.807) is 6.92 Å². The molecule has 1 aromatic carbocycles. The molecule has 2 rings (SSSR count). The van der Waals surface area contributed by atoms with Crippen molar-refractivity contribution >= 4 is 23.4 Å². The van der Waals surface area contributed by atoms with E-state index in [1.165, 1.54) is 18.2 Å². The molecule has 1 aliphatic rings. The number of hydrogen-bond donors (Lipinski definition) is 3. The lowest BCUT2D eigenvalue weighted by atomic mass is 9.89. The van der Waals surface area contributed by atoms with Crippen molar-refractivity contribution in [2.24, 2.45) is 0 Å². The van der Waals surface area contributed by atoms with Crippen LogP contribution in [0.1, 0.15) is 38.2 Å². The second kappa shape index (κ2) is 7.21. The Morgan fingerprint density at radius 3 is 2.87 bits per heavy atom. The van der Waals surface area contributed by atoms with E-state index in [2.05, 4.69) is 16.0 Å². The van der Waals surface area contributed by atoms with E-state index in [9.17, 15) is 18.8 Å². The van der Waals surface area contributed by atoms with E-state index in [1.807, 2.05) is 6.92 Å². The molecular formula is C16H20FN3O3. The highest BCUT2D eigenvalue weighted by Crippen LogP contribution is 2.32. The third-order valence-electron chi connectivity index (χ3n) is 3.67. The lowest BCUT2D eigenvalue weighted by Crippen LogP contribution is -2.47. The number of nitrogens with one attached hydrogen (secondary N) is 3. The first-order valence-corrected chi connectivity index (χ1v) is 7.59. The minimum Gasteiger partial charge on any atom is -0.354 e. The zero-order valence-electron chi connectivity index (χ0n) is 13.1. The Bertz CT molecular complexity index is 633. The predicted molar refractivity (Wildman–Crippen MR) is 83.3 cm³/mol. The molecule has 0 aliphatic carbocycles. The van der Waals surface area contributed by atoms with E-state index < -0.39 is 23.7 Å². The Labute approximate surface area is 133 Å². The molecule has 23 heavy (non-hydrogen) atoms. The number of carbonyl (C=O) groups excluding carboxylic acids is 3. The fourth-order valence-corrected chi connectivity index (χ4v) is 2.45. The third kappa shape index (κ3) is 4.06.